The summed E-state index contributed by atoms with van der Waals surface area (Å²) in [4.78, 5) is 12.5. The zero-order chi connectivity index (χ0) is 18.1. The van der Waals surface area contributed by atoms with E-state index in [0.717, 1.165) is 41.8 Å². The summed E-state index contributed by atoms with van der Waals surface area (Å²) in [7, 11) is 0. The van der Waals surface area contributed by atoms with Crippen LogP contribution in [0, 0.1) is 0 Å². The first-order valence-electron chi connectivity index (χ1n) is 8.38. The van der Waals surface area contributed by atoms with Gasteiger partial charge in [0.15, 0.2) is 11.5 Å². The molecule has 1 aliphatic heterocycles. The van der Waals surface area contributed by atoms with E-state index in [1.54, 1.807) is 0 Å². The molecule has 3 aromatic rings. The summed E-state index contributed by atoms with van der Waals surface area (Å²) in [6, 6.07) is 9.73. The Bertz CT molecular complexity index is 969. The molecule has 1 atom stereocenters. The van der Waals surface area contributed by atoms with E-state index in [4.69, 9.17) is 11.6 Å². The van der Waals surface area contributed by atoms with Gasteiger partial charge in [0, 0.05) is 27.9 Å². The van der Waals surface area contributed by atoms with Gasteiger partial charge in [-0.3, -0.25) is 0 Å². The maximum absolute atomic E-state index is 11.6. The van der Waals surface area contributed by atoms with E-state index in [9.17, 15) is 9.90 Å². The Labute approximate surface area is 159 Å². The third-order valence-corrected chi connectivity index (χ3v) is 5.83. The van der Waals surface area contributed by atoms with Crippen LogP contribution in [0.1, 0.15) is 23.3 Å². The number of rotatable bonds is 4. The van der Waals surface area contributed by atoms with E-state index >= 15 is 0 Å². The Balaban J connectivity index is 1.80. The molecule has 1 aromatic carbocycles. The molecule has 1 saturated heterocycles. The number of carboxylic acid groups (broad SMARTS) is 1. The molecule has 6 nitrogen and oxygen atoms in total. The summed E-state index contributed by atoms with van der Waals surface area (Å²) in [5.41, 5.74) is 0.922. The zero-order valence-corrected chi connectivity index (χ0v) is 15.4. The third-order valence-electron chi connectivity index (χ3n) is 4.40. The number of halogens is 1. The van der Waals surface area contributed by atoms with Crippen molar-refractivity contribution in [3.05, 3.63) is 41.0 Å². The van der Waals surface area contributed by atoms with E-state index in [1.807, 2.05) is 30.3 Å². The number of carbonyl (C=O) groups is 1. The number of aromatic nitrogens is 2. The number of hydrogen-bond donors (Lipinski definition) is 3. The summed E-state index contributed by atoms with van der Waals surface area (Å²) in [6.07, 6.45) is 2.14. The second kappa shape index (κ2) is 7.19. The lowest BCUT2D eigenvalue weighted by Gasteiger charge is -2.24. The molecular weight excluding hydrogens is 372 g/mol. The number of fused-ring (bicyclic) bond motifs is 1. The Kier molecular flexibility index (Phi) is 4.76. The molecule has 3 heterocycles. The summed E-state index contributed by atoms with van der Waals surface area (Å²) in [5.74, 6) is -0.448. The molecule has 0 amide bonds. The van der Waals surface area contributed by atoms with E-state index < -0.39 is 5.97 Å². The highest BCUT2D eigenvalue weighted by molar-refractivity contribution is 7.22. The average molecular weight is 389 g/mol. The number of benzene rings is 1. The highest BCUT2D eigenvalue weighted by Gasteiger charge is 2.21. The maximum Gasteiger partial charge on any atom is 0.357 e. The van der Waals surface area contributed by atoms with Gasteiger partial charge in [-0.25, -0.2) is 4.79 Å². The number of anilines is 1. The monoisotopic (exact) mass is 388 g/mol. The van der Waals surface area contributed by atoms with Crippen molar-refractivity contribution in [3.8, 4) is 10.4 Å². The second-order valence-corrected chi connectivity index (χ2v) is 7.74. The number of nitrogens with one attached hydrogen (secondary N) is 2. The molecule has 26 heavy (non-hydrogen) atoms. The fraction of sp³-hybridized carbons (Fsp3) is 0.278. The van der Waals surface area contributed by atoms with Gasteiger partial charge in [0.1, 0.15) is 0 Å². The minimum atomic E-state index is -1.08. The predicted molar refractivity (Wildman–Crippen MR) is 104 cm³/mol. The summed E-state index contributed by atoms with van der Waals surface area (Å²) in [6.45, 7) is 1.88. The highest BCUT2D eigenvalue weighted by Crippen LogP contribution is 2.38. The van der Waals surface area contributed by atoms with Gasteiger partial charge in [-0.2, -0.15) is 0 Å². The van der Waals surface area contributed by atoms with Crippen molar-refractivity contribution in [2.45, 2.75) is 18.9 Å². The third kappa shape index (κ3) is 3.38. The second-order valence-electron chi connectivity index (χ2n) is 6.25. The average Bonchev–Trinajstić information content (AvgIpc) is 3.08. The lowest BCUT2D eigenvalue weighted by Crippen LogP contribution is -2.38. The number of piperidine rings is 1. The van der Waals surface area contributed by atoms with Gasteiger partial charge in [-0.1, -0.05) is 23.7 Å². The summed E-state index contributed by atoms with van der Waals surface area (Å²) >= 11 is 7.49. The summed E-state index contributed by atoms with van der Waals surface area (Å²) < 4.78 is 0.619. The van der Waals surface area contributed by atoms with Crippen LogP contribution in [0.2, 0.25) is 5.02 Å². The van der Waals surface area contributed by atoms with Gasteiger partial charge in [-0.05, 0) is 43.1 Å². The van der Waals surface area contributed by atoms with Crippen molar-refractivity contribution >= 4 is 44.8 Å². The van der Waals surface area contributed by atoms with E-state index in [1.165, 1.54) is 11.3 Å². The van der Waals surface area contributed by atoms with Crippen LogP contribution in [-0.2, 0) is 0 Å². The van der Waals surface area contributed by atoms with Gasteiger partial charge < -0.3 is 15.7 Å². The molecule has 0 radical (unpaired) electrons. The maximum atomic E-state index is 11.6. The minimum absolute atomic E-state index is 0.0226. The Morgan fingerprint density at radius 2 is 2.23 bits per heavy atom. The molecule has 0 saturated carbocycles. The number of carboxylic acids is 1. The minimum Gasteiger partial charge on any atom is -0.476 e. The lowest BCUT2D eigenvalue weighted by molar-refractivity contribution is 0.0692. The first-order valence-corrected chi connectivity index (χ1v) is 9.58. The molecule has 0 spiro atoms. The van der Waals surface area contributed by atoms with Crippen LogP contribution in [0.3, 0.4) is 0 Å². The van der Waals surface area contributed by atoms with Crippen molar-refractivity contribution in [2.24, 2.45) is 0 Å². The van der Waals surface area contributed by atoms with Gasteiger partial charge in [0.2, 0.25) is 0 Å². The Hall–Kier alpha value is -2.22. The standard InChI is InChI=1S/C18H17ClN4O2S/c19-11-4-1-3-10(7-11)14-8-13-16(26-14)15(18(24)25)22-23-17(13)21-12-5-2-6-20-9-12/h1,3-4,7-8,12,20H,2,5-6,9H2,(H,21,23)(H,24,25). The molecule has 1 unspecified atom stereocenters. The van der Waals surface area contributed by atoms with E-state index in [0.29, 0.717) is 15.5 Å². The molecule has 1 fully saturated rings. The van der Waals surface area contributed by atoms with Crippen LogP contribution in [0.4, 0.5) is 5.82 Å². The fourth-order valence-corrected chi connectivity index (χ4v) is 4.46. The number of thiophene rings is 1. The topological polar surface area (TPSA) is 87.1 Å². The van der Waals surface area contributed by atoms with E-state index in [2.05, 4.69) is 20.8 Å². The molecule has 8 heteroatoms. The van der Waals surface area contributed by atoms with Gasteiger partial charge in [0.05, 0.1) is 4.70 Å². The van der Waals surface area contributed by atoms with Crippen LogP contribution in [0.25, 0.3) is 20.5 Å². The van der Waals surface area contributed by atoms with Crippen molar-refractivity contribution < 1.29 is 9.90 Å². The van der Waals surface area contributed by atoms with Crippen LogP contribution >= 0.6 is 22.9 Å². The quantitative estimate of drug-likeness (QED) is 0.628. The SMILES string of the molecule is O=C(O)c1nnc(NC2CCCNC2)c2cc(-c3cccc(Cl)c3)sc12. The van der Waals surface area contributed by atoms with Crippen molar-refractivity contribution in [1.82, 2.24) is 15.5 Å². The van der Waals surface area contributed by atoms with Crippen molar-refractivity contribution in [3.63, 3.8) is 0 Å². The smallest absolute Gasteiger partial charge is 0.357 e. The Morgan fingerprint density at radius 1 is 1.35 bits per heavy atom. The first-order chi connectivity index (χ1) is 12.6. The lowest BCUT2D eigenvalue weighted by atomic mass is 10.1. The Morgan fingerprint density at radius 3 is 2.96 bits per heavy atom. The molecule has 134 valence electrons. The number of hydrogen-bond acceptors (Lipinski definition) is 6. The predicted octanol–water partition coefficient (Wildman–Crippen LogP) is 3.87. The molecule has 0 bridgehead atoms. The van der Waals surface area contributed by atoms with Crippen LogP contribution in [0.15, 0.2) is 30.3 Å². The molecular formula is C18H17ClN4O2S. The van der Waals surface area contributed by atoms with Gasteiger partial charge in [-0.15, -0.1) is 21.5 Å². The normalized spacial score (nSPS) is 17.3. The molecule has 0 aliphatic carbocycles. The van der Waals surface area contributed by atoms with Gasteiger partial charge in [0.25, 0.3) is 0 Å². The highest BCUT2D eigenvalue weighted by atomic mass is 35.5. The molecule has 3 N–H and O–H groups in total. The zero-order valence-electron chi connectivity index (χ0n) is 13.8. The van der Waals surface area contributed by atoms with E-state index in [-0.39, 0.29) is 11.7 Å². The first kappa shape index (κ1) is 17.2. The molecule has 4 rings (SSSR count). The van der Waals surface area contributed by atoms with Crippen LogP contribution in [-0.4, -0.2) is 40.4 Å². The summed E-state index contributed by atoms with van der Waals surface area (Å²) in [5, 5.41) is 25.8. The molecule has 1 aliphatic rings. The largest absolute Gasteiger partial charge is 0.476 e. The van der Waals surface area contributed by atoms with Crippen LogP contribution in [0.5, 0.6) is 0 Å². The number of nitrogens with zero attached hydrogens (tertiary/aromatic N) is 2. The fourth-order valence-electron chi connectivity index (χ4n) is 3.14. The van der Waals surface area contributed by atoms with Crippen LogP contribution < -0.4 is 10.6 Å². The number of aromatic carboxylic acids is 1. The molecule has 2 aromatic heterocycles. The van der Waals surface area contributed by atoms with Crippen molar-refractivity contribution in [1.29, 1.82) is 0 Å². The van der Waals surface area contributed by atoms with Gasteiger partial charge >= 0.3 is 5.97 Å². The van der Waals surface area contributed by atoms with Crippen molar-refractivity contribution in [2.75, 3.05) is 18.4 Å².